The molecule has 0 spiro atoms. The molecule has 7 heteroatoms. The lowest BCUT2D eigenvalue weighted by Gasteiger charge is -2.35. The maximum Gasteiger partial charge on any atom is 0.267 e. The summed E-state index contributed by atoms with van der Waals surface area (Å²) in [7, 11) is -4.08. The molecule has 1 heterocycles. The second-order valence-corrected chi connectivity index (χ2v) is 8.10. The third-order valence-electron chi connectivity index (χ3n) is 3.04. The first-order valence-electron chi connectivity index (χ1n) is 5.62. The molecule has 1 aliphatic rings. The SMILES string of the molecule is CC(C)(C)C1c2cccc(Br)c2S(=O)(=O)N1C(=O)[O-]. The number of hydrogen-bond acceptors (Lipinski definition) is 4. The lowest BCUT2D eigenvalue weighted by atomic mass is 9.82. The summed E-state index contributed by atoms with van der Waals surface area (Å²) in [5.41, 5.74) is -0.0924. The van der Waals surface area contributed by atoms with Crippen LogP contribution in [0.1, 0.15) is 32.4 Å². The number of rotatable bonds is 0. The van der Waals surface area contributed by atoms with E-state index in [4.69, 9.17) is 0 Å². The van der Waals surface area contributed by atoms with Crippen LogP contribution in [0, 0.1) is 5.41 Å². The van der Waals surface area contributed by atoms with Gasteiger partial charge in [0, 0.05) is 4.47 Å². The first-order valence-corrected chi connectivity index (χ1v) is 7.85. The highest BCUT2D eigenvalue weighted by molar-refractivity contribution is 9.10. The van der Waals surface area contributed by atoms with Gasteiger partial charge in [-0.2, -0.15) is 0 Å². The molecule has 1 aromatic carbocycles. The zero-order chi connectivity index (χ0) is 14.6. The molecule has 1 unspecified atom stereocenters. The highest BCUT2D eigenvalue weighted by Crippen LogP contribution is 2.50. The van der Waals surface area contributed by atoms with E-state index < -0.39 is 27.6 Å². The minimum Gasteiger partial charge on any atom is -0.529 e. The van der Waals surface area contributed by atoms with Crippen LogP contribution in [0.5, 0.6) is 0 Å². The lowest BCUT2D eigenvalue weighted by Crippen LogP contribution is -2.46. The molecule has 19 heavy (non-hydrogen) atoms. The van der Waals surface area contributed by atoms with Gasteiger partial charge < -0.3 is 9.90 Å². The van der Waals surface area contributed by atoms with Gasteiger partial charge in [-0.05, 0) is 33.0 Å². The lowest BCUT2D eigenvalue weighted by molar-refractivity contribution is -0.262. The monoisotopic (exact) mass is 346 g/mol. The Bertz CT molecular complexity index is 648. The van der Waals surface area contributed by atoms with E-state index in [2.05, 4.69) is 15.9 Å². The van der Waals surface area contributed by atoms with Crippen LogP contribution in [-0.4, -0.2) is 18.8 Å². The summed E-state index contributed by atoms with van der Waals surface area (Å²) < 4.78 is 25.6. The number of carbonyl (C=O) groups excluding carboxylic acids is 1. The molecule has 0 fully saturated rings. The number of benzene rings is 1. The normalized spacial score (nSPS) is 21.3. The van der Waals surface area contributed by atoms with Crippen LogP contribution >= 0.6 is 15.9 Å². The summed E-state index contributed by atoms with van der Waals surface area (Å²) in [5.74, 6) is 0. The van der Waals surface area contributed by atoms with Crippen molar-refractivity contribution in [3.05, 3.63) is 28.2 Å². The van der Waals surface area contributed by atoms with E-state index in [0.717, 1.165) is 0 Å². The van der Waals surface area contributed by atoms with Crippen LogP contribution in [0.3, 0.4) is 0 Å². The summed E-state index contributed by atoms with van der Waals surface area (Å²) in [6.45, 7) is 5.37. The van der Waals surface area contributed by atoms with Crippen molar-refractivity contribution in [1.82, 2.24) is 4.31 Å². The third-order valence-corrected chi connectivity index (χ3v) is 5.82. The summed E-state index contributed by atoms with van der Waals surface area (Å²) in [4.78, 5) is 11.3. The van der Waals surface area contributed by atoms with E-state index in [-0.39, 0.29) is 4.90 Å². The number of amides is 1. The van der Waals surface area contributed by atoms with E-state index in [1.54, 1.807) is 39.0 Å². The van der Waals surface area contributed by atoms with Crippen molar-refractivity contribution in [2.24, 2.45) is 5.41 Å². The van der Waals surface area contributed by atoms with E-state index in [0.29, 0.717) is 14.3 Å². The van der Waals surface area contributed by atoms with Crippen LogP contribution in [0.4, 0.5) is 4.79 Å². The van der Waals surface area contributed by atoms with Crippen molar-refractivity contribution < 1.29 is 18.3 Å². The van der Waals surface area contributed by atoms with Gasteiger partial charge in [-0.25, -0.2) is 12.7 Å². The molecule has 0 saturated carbocycles. The second kappa shape index (κ2) is 4.21. The van der Waals surface area contributed by atoms with Gasteiger partial charge in [0.25, 0.3) is 10.0 Å². The van der Waals surface area contributed by atoms with Crippen LogP contribution in [0.25, 0.3) is 0 Å². The van der Waals surface area contributed by atoms with Gasteiger partial charge in [0.05, 0.1) is 6.04 Å². The zero-order valence-electron chi connectivity index (χ0n) is 10.7. The van der Waals surface area contributed by atoms with Crippen LogP contribution in [-0.2, 0) is 10.0 Å². The van der Waals surface area contributed by atoms with Crippen LogP contribution in [0.15, 0.2) is 27.6 Å². The molecule has 0 radical (unpaired) electrons. The van der Waals surface area contributed by atoms with Crippen LogP contribution in [0.2, 0.25) is 0 Å². The van der Waals surface area contributed by atoms with Gasteiger partial charge in [0.1, 0.15) is 4.90 Å². The molecule has 0 saturated heterocycles. The fraction of sp³-hybridized carbons (Fsp3) is 0.417. The van der Waals surface area contributed by atoms with E-state index in [1.807, 2.05) is 0 Å². The molecular weight excluding hydrogens is 334 g/mol. The molecule has 1 aliphatic heterocycles. The Labute approximate surface area is 120 Å². The minimum absolute atomic E-state index is 0.0131. The van der Waals surface area contributed by atoms with E-state index in [1.165, 1.54) is 0 Å². The number of hydrogen-bond donors (Lipinski definition) is 0. The number of sulfonamides is 1. The van der Waals surface area contributed by atoms with Crippen molar-refractivity contribution in [2.75, 3.05) is 0 Å². The van der Waals surface area contributed by atoms with Crippen molar-refractivity contribution in [3.8, 4) is 0 Å². The van der Waals surface area contributed by atoms with Crippen molar-refractivity contribution in [1.29, 1.82) is 0 Å². The first-order chi connectivity index (χ1) is 8.58. The van der Waals surface area contributed by atoms with Crippen molar-refractivity contribution in [3.63, 3.8) is 0 Å². The molecule has 0 bridgehead atoms. The van der Waals surface area contributed by atoms with Gasteiger partial charge in [-0.1, -0.05) is 32.9 Å². The molecule has 1 aromatic rings. The standard InChI is InChI=1S/C12H14BrNO4S/c1-12(2,3)10-7-5-4-6-8(13)9(7)19(17,18)14(10)11(15)16/h4-6,10H,1-3H3,(H,15,16)/p-1. The molecule has 2 rings (SSSR count). The average molecular weight is 347 g/mol. The van der Waals surface area contributed by atoms with Gasteiger partial charge in [0.2, 0.25) is 0 Å². The highest BCUT2D eigenvalue weighted by atomic mass is 79.9. The molecule has 1 amide bonds. The maximum atomic E-state index is 12.4. The molecule has 5 nitrogen and oxygen atoms in total. The van der Waals surface area contributed by atoms with Gasteiger partial charge in [-0.15, -0.1) is 0 Å². The summed E-state index contributed by atoms with van der Waals surface area (Å²) in [6.07, 6.45) is -1.71. The number of fused-ring (bicyclic) bond motifs is 1. The predicted octanol–water partition coefficient (Wildman–Crippen LogP) is 1.88. The second-order valence-electron chi connectivity index (χ2n) is 5.49. The van der Waals surface area contributed by atoms with Gasteiger partial charge in [-0.3, -0.25) is 0 Å². The molecule has 1 atom stereocenters. The largest absolute Gasteiger partial charge is 0.529 e. The number of carbonyl (C=O) groups is 1. The molecule has 0 N–H and O–H groups in total. The zero-order valence-corrected chi connectivity index (χ0v) is 13.1. The minimum atomic E-state index is -4.08. The predicted molar refractivity (Wildman–Crippen MR) is 70.8 cm³/mol. The van der Waals surface area contributed by atoms with Gasteiger partial charge in [0.15, 0.2) is 6.09 Å². The Morgan fingerprint density at radius 3 is 2.42 bits per heavy atom. The van der Waals surface area contributed by atoms with E-state index >= 15 is 0 Å². The summed E-state index contributed by atoms with van der Waals surface area (Å²) >= 11 is 3.17. The molecule has 104 valence electrons. The molecule has 0 aliphatic carbocycles. The number of carboxylic acid groups (broad SMARTS) is 1. The quantitative estimate of drug-likeness (QED) is 0.718. The third kappa shape index (κ3) is 2.04. The average Bonchev–Trinajstić information content (AvgIpc) is 2.47. The van der Waals surface area contributed by atoms with Gasteiger partial charge >= 0.3 is 0 Å². The molecule has 0 aromatic heterocycles. The summed E-state index contributed by atoms with van der Waals surface area (Å²) in [5, 5.41) is 11.3. The number of nitrogens with zero attached hydrogens (tertiary/aromatic N) is 1. The van der Waals surface area contributed by atoms with Crippen molar-refractivity contribution >= 4 is 32.0 Å². The van der Waals surface area contributed by atoms with Crippen molar-refractivity contribution in [2.45, 2.75) is 31.7 Å². The van der Waals surface area contributed by atoms with E-state index in [9.17, 15) is 18.3 Å². The smallest absolute Gasteiger partial charge is 0.267 e. The fourth-order valence-corrected chi connectivity index (χ4v) is 5.29. The Kier molecular flexibility index (Phi) is 3.17. The summed E-state index contributed by atoms with van der Waals surface area (Å²) in [6, 6.07) is 4.12. The molecular formula is C12H13BrNO4S-. The highest BCUT2D eigenvalue weighted by Gasteiger charge is 2.48. The van der Waals surface area contributed by atoms with Crippen LogP contribution < -0.4 is 5.11 Å². The Morgan fingerprint density at radius 1 is 1.37 bits per heavy atom. The topological polar surface area (TPSA) is 77.5 Å². The maximum absolute atomic E-state index is 12.4. The fourth-order valence-electron chi connectivity index (χ4n) is 2.40. The Hall–Kier alpha value is -1.08. The first kappa shape index (κ1) is 14.3. The number of halogens is 1. The Morgan fingerprint density at radius 2 is 1.95 bits per heavy atom. The Balaban J connectivity index is 2.83.